The van der Waals surface area contributed by atoms with Crippen LogP contribution >= 0.6 is 15.9 Å². The standard InChI is InChI=1S/C12H18BrN3O/c1-16(6-9(13)7-17-2)12-10-4-3-5-11(10)14-8-15-12/h8-9H,3-7H2,1-2H3. The monoisotopic (exact) mass is 299 g/mol. The van der Waals surface area contributed by atoms with Crippen molar-refractivity contribution in [2.45, 2.75) is 24.1 Å². The SMILES string of the molecule is COCC(Br)CN(C)c1ncnc2c1CCC2. The molecule has 0 amide bonds. The normalized spacial score (nSPS) is 15.7. The smallest absolute Gasteiger partial charge is 0.135 e. The van der Waals surface area contributed by atoms with Gasteiger partial charge in [-0.1, -0.05) is 15.9 Å². The molecule has 1 aromatic heterocycles. The van der Waals surface area contributed by atoms with E-state index < -0.39 is 0 Å². The first-order chi connectivity index (χ1) is 8.22. The van der Waals surface area contributed by atoms with Crippen LogP contribution in [0.25, 0.3) is 0 Å². The Morgan fingerprint density at radius 3 is 3.06 bits per heavy atom. The summed E-state index contributed by atoms with van der Waals surface area (Å²) in [4.78, 5) is 11.3. The van der Waals surface area contributed by atoms with E-state index in [1.54, 1.807) is 13.4 Å². The Kier molecular flexibility index (Phi) is 4.34. The molecule has 0 spiro atoms. The Morgan fingerprint density at radius 1 is 1.47 bits per heavy atom. The van der Waals surface area contributed by atoms with Gasteiger partial charge in [-0.2, -0.15) is 0 Å². The molecule has 4 nitrogen and oxygen atoms in total. The van der Waals surface area contributed by atoms with Gasteiger partial charge in [-0.3, -0.25) is 0 Å². The average molecular weight is 300 g/mol. The van der Waals surface area contributed by atoms with Gasteiger partial charge in [-0.05, 0) is 19.3 Å². The molecule has 1 aliphatic rings. The molecule has 0 saturated carbocycles. The quantitative estimate of drug-likeness (QED) is 0.777. The first-order valence-corrected chi connectivity index (χ1v) is 6.81. The fourth-order valence-electron chi connectivity index (χ4n) is 2.29. The number of aromatic nitrogens is 2. The summed E-state index contributed by atoms with van der Waals surface area (Å²) >= 11 is 3.61. The van der Waals surface area contributed by atoms with Gasteiger partial charge in [-0.25, -0.2) is 9.97 Å². The fourth-order valence-corrected chi connectivity index (χ4v) is 2.99. The van der Waals surface area contributed by atoms with E-state index >= 15 is 0 Å². The van der Waals surface area contributed by atoms with Crippen molar-refractivity contribution < 1.29 is 4.74 Å². The Labute approximate surface area is 111 Å². The molecule has 0 N–H and O–H groups in total. The van der Waals surface area contributed by atoms with E-state index in [9.17, 15) is 0 Å². The second kappa shape index (κ2) is 5.78. The summed E-state index contributed by atoms with van der Waals surface area (Å²) in [6.45, 7) is 1.59. The van der Waals surface area contributed by atoms with Gasteiger partial charge >= 0.3 is 0 Å². The predicted molar refractivity (Wildman–Crippen MR) is 71.9 cm³/mol. The number of halogens is 1. The van der Waals surface area contributed by atoms with E-state index in [1.165, 1.54) is 17.7 Å². The Hall–Kier alpha value is -0.680. The largest absolute Gasteiger partial charge is 0.383 e. The molecule has 1 atom stereocenters. The highest BCUT2D eigenvalue weighted by molar-refractivity contribution is 9.09. The van der Waals surface area contributed by atoms with Crippen LogP contribution in [0.3, 0.4) is 0 Å². The summed E-state index contributed by atoms with van der Waals surface area (Å²) in [7, 11) is 3.79. The van der Waals surface area contributed by atoms with E-state index in [2.05, 4.69) is 37.8 Å². The molecule has 0 aliphatic heterocycles. The molecule has 0 fully saturated rings. The molecule has 1 aromatic rings. The van der Waals surface area contributed by atoms with Crippen LogP contribution in [-0.4, -0.2) is 42.1 Å². The Morgan fingerprint density at radius 2 is 2.29 bits per heavy atom. The summed E-state index contributed by atoms with van der Waals surface area (Å²) in [5.41, 5.74) is 2.55. The van der Waals surface area contributed by atoms with Crippen molar-refractivity contribution in [3.05, 3.63) is 17.6 Å². The molecule has 1 unspecified atom stereocenters. The molecule has 94 valence electrons. The summed E-state index contributed by atoms with van der Waals surface area (Å²) in [5.74, 6) is 1.08. The van der Waals surface area contributed by atoms with Crippen LogP contribution in [0.1, 0.15) is 17.7 Å². The summed E-state index contributed by atoms with van der Waals surface area (Å²) in [5, 5.41) is 0. The molecule has 0 saturated heterocycles. The first kappa shape index (κ1) is 12.8. The zero-order valence-corrected chi connectivity index (χ0v) is 11.9. The fraction of sp³-hybridized carbons (Fsp3) is 0.667. The van der Waals surface area contributed by atoms with Crippen molar-refractivity contribution in [1.82, 2.24) is 9.97 Å². The molecule has 0 radical (unpaired) electrons. The number of ether oxygens (including phenoxy) is 1. The lowest BCUT2D eigenvalue weighted by atomic mass is 10.2. The maximum Gasteiger partial charge on any atom is 0.135 e. The van der Waals surface area contributed by atoms with Crippen molar-refractivity contribution >= 4 is 21.7 Å². The van der Waals surface area contributed by atoms with Crippen LogP contribution in [0.5, 0.6) is 0 Å². The van der Waals surface area contributed by atoms with E-state index in [-0.39, 0.29) is 0 Å². The van der Waals surface area contributed by atoms with Gasteiger partial charge in [0, 0.05) is 32.0 Å². The van der Waals surface area contributed by atoms with Gasteiger partial charge in [0.25, 0.3) is 0 Å². The molecule has 1 aliphatic carbocycles. The minimum absolute atomic E-state index is 0.324. The van der Waals surface area contributed by atoms with Crippen molar-refractivity contribution in [1.29, 1.82) is 0 Å². The zero-order chi connectivity index (χ0) is 12.3. The van der Waals surface area contributed by atoms with Crippen LogP contribution < -0.4 is 4.90 Å². The lowest BCUT2D eigenvalue weighted by Gasteiger charge is -2.23. The minimum Gasteiger partial charge on any atom is -0.383 e. The number of hydrogen-bond donors (Lipinski definition) is 0. The highest BCUT2D eigenvalue weighted by atomic mass is 79.9. The summed E-state index contributed by atoms with van der Waals surface area (Å²) < 4.78 is 5.13. The lowest BCUT2D eigenvalue weighted by Crippen LogP contribution is -2.29. The van der Waals surface area contributed by atoms with Crippen molar-refractivity contribution in [2.24, 2.45) is 0 Å². The predicted octanol–water partition coefficient (Wildman–Crippen LogP) is 1.81. The molecule has 0 aromatic carbocycles. The van der Waals surface area contributed by atoms with Gasteiger partial charge in [0.2, 0.25) is 0 Å². The Balaban J connectivity index is 2.09. The minimum atomic E-state index is 0.324. The molecular weight excluding hydrogens is 282 g/mol. The topological polar surface area (TPSA) is 38.2 Å². The number of alkyl halides is 1. The number of nitrogens with zero attached hydrogens (tertiary/aromatic N) is 3. The molecule has 17 heavy (non-hydrogen) atoms. The number of fused-ring (bicyclic) bond motifs is 1. The third kappa shape index (κ3) is 2.96. The number of methoxy groups -OCH3 is 1. The van der Waals surface area contributed by atoms with Crippen molar-refractivity contribution in [3.63, 3.8) is 0 Å². The highest BCUT2D eigenvalue weighted by Gasteiger charge is 2.20. The highest BCUT2D eigenvalue weighted by Crippen LogP contribution is 2.27. The van der Waals surface area contributed by atoms with Gasteiger partial charge in [0.1, 0.15) is 12.1 Å². The van der Waals surface area contributed by atoms with E-state index in [1.807, 2.05) is 0 Å². The van der Waals surface area contributed by atoms with Crippen LogP contribution in [0.15, 0.2) is 6.33 Å². The number of aryl methyl sites for hydroxylation is 1. The van der Waals surface area contributed by atoms with E-state index in [4.69, 9.17) is 4.74 Å². The number of hydrogen-bond acceptors (Lipinski definition) is 4. The summed E-state index contributed by atoms with van der Waals surface area (Å²) in [6.07, 6.45) is 5.07. The van der Waals surface area contributed by atoms with Crippen LogP contribution in [-0.2, 0) is 17.6 Å². The van der Waals surface area contributed by atoms with Crippen LogP contribution in [0.2, 0.25) is 0 Å². The van der Waals surface area contributed by atoms with Gasteiger partial charge in [0.05, 0.1) is 11.4 Å². The van der Waals surface area contributed by atoms with E-state index in [0.717, 1.165) is 25.2 Å². The van der Waals surface area contributed by atoms with Crippen LogP contribution in [0, 0.1) is 0 Å². The lowest BCUT2D eigenvalue weighted by molar-refractivity contribution is 0.201. The molecule has 0 bridgehead atoms. The van der Waals surface area contributed by atoms with Crippen LogP contribution in [0.4, 0.5) is 5.82 Å². The molecule has 1 heterocycles. The number of anilines is 1. The van der Waals surface area contributed by atoms with Gasteiger partial charge in [-0.15, -0.1) is 0 Å². The van der Waals surface area contributed by atoms with Crippen molar-refractivity contribution in [3.8, 4) is 0 Å². The molecular formula is C12H18BrN3O. The maximum absolute atomic E-state index is 5.13. The first-order valence-electron chi connectivity index (χ1n) is 5.89. The van der Waals surface area contributed by atoms with Gasteiger partial charge < -0.3 is 9.64 Å². The van der Waals surface area contributed by atoms with Gasteiger partial charge in [0.15, 0.2) is 0 Å². The second-order valence-electron chi connectivity index (χ2n) is 4.41. The van der Waals surface area contributed by atoms with E-state index in [0.29, 0.717) is 11.4 Å². The second-order valence-corrected chi connectivity index (χ2v) is 5.70. The number of rotatable bonds is 5. The third-order valence-corrected chi connectivity index (χ3v) is 3.59. The average Bonchev–Trinajstić information content (AvgIpc) is 2.76. The Bertz CT molecular complexity index is 386. The zero-order valence-electron chi connectivity index (χ0n) is 10.3. The maximum atomic E-state index is 5.13. The van der Waals surface area contributed by atoms with Crippen molar-refractivity contribution in [2.75, 3.05) is 32.2 Å². The molecule has 5 heteroatoms. The third-order valence-electron chi connectivity index (χ3n) is 3.03. The molecule has 2 rings (SSSR count). The summed E-state index contributed by atoms with van der Waals surface area (Å²) in [6, 6.07) is 0.